The number of anilines is 2. The molecule has 2 heterocycles. The molecule has 0 radical (unpaired) electrons. The number of unbranched alkanes of at least 4 members (excludes halogenated alkanes) is 3. The highest BCUT2D eigenvalue weighted by Crippen LogP contribution is 2.20. The van der Waals surface area contributed by atoms with Crippen LogP contribution in [0.5, 0.6) is 0 Å². The minimum Gasteiger partial charge on any atom is -1.00 e. The lowest BCUT2D eigenvalue weighted by Crippen LogP contribution is -3.00. The van der Waals surface area contributed by atoms with Crippen LogP contribution in [0, 0.1) is 0 Å². The molecule has 0 fully saturated rings. The first-order chi connectivity index (χ1) is 18.5. The third-order valence-corrected chi connectivity index (χ3v) is 6.30. The summed E-state index contributed by atoms with van der Waals surface area (Å²) in [4.78, 5) is 0. The highest BCUT2D eigenvalue weighted by molar-refractivity contribution is 5.51. The van der Waals surface area contributed by atoms with E-state index in [4.69, 9.17) is 0 Å². The third-order valence-electron chi connectivity index (χ3n) is 6.30. The minimum absolute atomic E-state index is 0. The van der Waals surface area contributed by atoms with Crippen molar-refractivity contribution in [3.05, 3.63) is 73.3 Å². The maximum absolute atomic E-state index is 4.34. The summed E-state index contributed by atoms with van der Waals surface area (Å²) >= 11 is 0. The number of imidazole rings is 2. The van der Waals surface area contributed by atoms with E-state index in [0.29, 0.717) is 0 Å². The third kappa shape index (κ3) is 9.46. The van der Waals surface area contributed by atoms with Crippen molar-refractivity contribution in [1.82, 2.24) is 9.13 Å². The molecule has 0 aliphatic rings. The van der Waals surface area contributed by atoms with E-state index in [1.165, 1.54) is 12.8 Å². The quantitative estimate of drug-likeness (QED) is 0.131. The highest BCUT2D eigenvalue weighted by Gasteiger charge is 2.11. The summed E-state index contributed by atoms with van der Waals surface area (Å²) in [5.41, 5.74) is 3.89. The second-order valence-corrected chi connectivity index (χ2v) is 9.40. The number of hydrogen-bond donors (Lipinski definition) is 2. The lowest BCUT2D eigenvalue weighted by Gasteiger charge is -2.08. The lowest BCUT2D eigenvalue weighted by molar-refractivity contribution is -0.657. The van der Waals surface area contributed by atoms with Crippen LogP contribution in [0.4, 0.5) is 34.6 Å². The van der Waals surface area contributed by atoms with Crippen LogP contribution in [0.2, 0.25) is 0 Å². The van der Waals surface area contributed by atoms with Crippen molar-refractivity contribution < 1.29 is 33.9 Å². The molecule has 0 amide bonds. The molecule has 214 valence electrons. The van der Waals surface area contributed by atoms with E-state index in [2.05, 4.69) is 55.4 Å². The van der Waals surface area contributed by atoms with Gasteiger partial charge in [0.25, 0.3) is 0 Å². The van der Waals surface area contributed by atoms with E-state index >= 15 is 0 Å². The molecule has 2 N–H and O–H groups in total. The molecule has 12 heteroatoms. The van der Waals surface area contributed by atoms with Crippen LogP contribution < -0.4 is 44.6 Å². The number of rotatable bonds is 13. The Bertz CT molecular complexity index is 1210. The Labute approximate surface area is 248 Å². The van der Waals surface area contributed by atoms with Gasteiger partial charge in [-0.15, -0.1) is 0 Å². The number of benzene rings is 2. The van der Waals surface area contributed by atoms with Gasteiger partial charge < -0.3 is 35.4 Å². The van der Waals surface area contributed by atoms with Gasteiger partial charge in [0.1, 0.15) is 11.4 Å². The average molecular weight is 586 g/mol. The zero-order valence-electron chi connectivity index (χ0n) is 23.5. The molecule has 40 heavy (non-hydrogen) atoms. The van der Waals surface area contributed by atoms with Crippen molar-refractivity contribution in [2.75, 3.05) is 23.7 Å². The zero-order chi connectivity index (χ0) is 26.7. The molecule has 4 rings (SSSR count). The standard InChI is InChI=1S/C28H36N10.2ClH/c1-35-19-20-36(2)27(35)33-31-25-13-9-23(10-14-25)29-17-7-5-6-8-18-30-24-11-15-26(16-12-24)32-34-28-37(3)21-22-38(28)4;;/h9-16,19-22H,5-8,17-18H2,1-4H3;2*1H. The zero-order valence-corrected chi connectivity index (χ0v) is 25.0. The van der Waals surface area contributed by atoms with Gasteiger partial charge in [0.05, 0.1) is 53.0 Å². The van der Waals surface area contributed by atoms with Crippen LogP contribution in [-0.2, 0) is 28.2 Å². The maximum Gasteiger partial charge on any atom is 0.421 e. The predicted molar refractivity (Wildman–Crippen MR) is 150 cm³/mol. The first-order valence-electron chi connectivity index (χ1n) is 13.0. The number of azo groups is 2. The molecular weight excluding hydrogens is 547 g/mol. The van der Waals surface area contributed by atoms with Gasteiger partial charge in [-0.05, 0) is 61.4 Å². The van der Waals surface area contributed by atoms with Gasteiger partial charge in [-0.1, -0.05) is 23.1 Å². The van der Waals surface area contributed by atoms with Crippen molar-refractivity contribution in [2.24, 2.45) is 48.6 Å². The molecule has 2 aromatic heterocycles. The number of halogens is 2. The molecular formula is C28H38Cl2N10. The smallest absolute Gasteiger partial charge is 0.421 e. The van der Waals surface area contributed by atoms with Crippen molar-refractivity contribution in [2.45, 2.75) is 25.7 Å². The summed E-state index contributed by atoms with van der Waals surface area (Å²) < 4.78 is 7.76. The van der Waals surface area contributed by atoms with E-state index < -0.39 is 0 Å². The Hall–Kier alpha value is -3.76. The Morgan fingerprint density at radius 1 is 0.575 bits per heavy atom. The Kier molecular flexibility index (Phi) is 13.3. The Balaban J connectivity index is 0.00000280. The predicted octanol–water partition coefficient (Wildman–Crippen LogP) is -0.0642. The molecule has 0 aliphatic carbocycles. The fourth-order valence-corrected chi connectivity index (χ4v) is 4.01. The second-order valence-electron chi connectivity index (χ2n) is 9.40. The van der Waals surface area contributed by atoms with Crippen molar-refractivity contribution in [3.8, 4) is 0 Å². The summed E-state index contributed by atoms with van der Waals surface area (Å²) in [7, 11) is 7.83. The molecule has 0 bridgehead atoms. The van der Waals surface area contributed by atoms with Gasteiger partial charge in [-0.3, -0.25) is 0 Å². The summed E-state index contributed by atoms with van der Waals surface area (Å²) in [6, 6.07) is 16.2. The Morgan fingerprint density at radius 2 is 0.950 bits per heavy atom. The fourth-order valence-electron chi connectivity index (χ4n) is 4.01. The summed E-state index contributed by atoms with van der Waals surface area (Å²) in [5, 5.41) is 24.3. The van der Waals surface area contributed by atoms with E-state index in [0.717, 1.165) is 60.6 Å². The molecule has 2 aromatic carbocycles. The van der Waals surface area contributed by atoms with Gasteiger partial charge in [-0.25, -0.2) is 18.3 Å². The number of nitrogens with zero attached hydrogens (tertiary/aromatic N) is 8. The number of aryl methyl sites for hydroxylation is 4. The lowest BCUT2D eigenvalue weighted by atomic mass is 10.2. The van der Waals surface area contributed by atoms with E-state index in [9.17, 15) is 0 Å². The Morgan fingerprint density at radius 3 is 1.27 bits per heavy atom. The van der Waals surface area contributed by atoms with E-state index in [1.807, 2.05) is 95.5 Å². The first-order valence-corrected chi connectivity index (χ1v) is 13.0. The molecule has 10 nitrogen and oxygen atoms in total. The van der Waals surface area contributed by atoms with E-state index in [-0.39, 0.29) is 24.8 Å². The second kappa shape index (κ2) is 16.4. The van der Waals surface area contributed by atoms with Crippen LogP contribution in [0.3, 0.4) is 0 Å². The molecule has 0 unspecified atom stereocenters. The van der Waals surface area contributed by atoms with Crippen LogP contribution >= 0.6 is 0 Å². The summed E-state index contributed by atoms with van der Waals surface area (Å²) in [6.07, 6.45) is 12.5. The largest absolute Gasteiger partial charge is 1.00 e. The van der Waals surface area contributed by atoms with Crippen molar-refractivity contribution in [3.63, 3.8) is 0 Å². The SMILES string of the molecule is Cn1cc[n+](C)c1N=Nc1ccc(NCCCCCCNc2ccc(N=Nc3n(C)cc[n+]3C)cc2)cc1.[Cl-].[Cl-]. The van der Waals surface area contributed by atoms with Crippen LogP contribution in [0.15, 0.2) is 93.8 Å². The number of hydrogen-bond acceptors (Lipinski definition) is 6. The first kappa shape index (κ1) is 32.5. The average Bonchev–Trinajstić information content (AvgIpc) is 3.43. The van der Waals surface area contributed by atoms with Crippen LogP contribution in [0.25, 0.3) is 0 Å². The van der Waals surface area contributed by atoms with Gasteiger partial charge in [-0.2, -0.15) is 0 Å². The normalized spacial score (nSPS) is 11.0. The van der Waals surface area contributed by atoms with Gasteiger partial charge >= 0.3 is 11.9 Å². The molecule has 0 spiro atoms. The molecule has 0 saturated carbocycles. The van der Waals surface area contributed by atoms with Gasteiger partial charge in [0.15, 0.2) is 0 Å². The molecule has 0 saturated heterocycles. The van der Waals surface area contributed by atoms with Crippen molar-refractivity contribution in [1.29, 1.82) is 0 Å². The molecule has 0 atom stereocenters. The maximum atomic E-state index is 4.34. The summed E-state index contributed by atoms with van der Waals surface area (Å²) in [5.74, 6) is 1.60. The van der Waals surface area contributed by atoms with Crippen LogP contribution in [-0.4, -0.2) is 22.2 Å². The highest BCUT2D eigenvalue weighted by atomic mass is 35.5. The number of aromatic nitrogens is 4. The summed E-state index contributed by atoms with van der Waals surface area (Å²) in [6.45, 7) is 1.93. The van der Waals surface area contributed by atoms with Gasteiger partial charge in [0, 0.05) is 34.7 Å². The molecule has 0 aliphatic heterocycles. The fraction of sp³-hybridized carbons (Fsp3) is 0.357. The van der Waals surface area contributed by atoms with Crippen LogP contribution in [0.1, 0.15) is 25.7 Å². The van der Waals surface area contributed by atoms with Gasteiger partial charge in [0.2, 0.25) is 0 Å². The minimum atomic E-state index is 0. The van der Waals surface area contributed by atoms with Crippen molar-refractivity contribution >= 4 is 34.6 Å². The number of nitrogens with one attached hydrogen (secondary N) is 2. The topological polar surface area (TPSA) is 91.1 Å². The molecule has 4 aromatic rings. The van der Waals surface area contributed by atoms with E-state index in [1.54, 1.807) is 0 Å². The monoisotopic (exact) mass is 584 g/mol.